The van der Waals surface area contributed by atoms with Gasteiger partial charge in [0.15, 0.2) is 0 Å². The maximum Gasteiger partial charge on any atom is 0.223 e. The molecule has 5 heteroatoms. The van der Waals surface area contributed by atoms with Crippen molar-refractivity contribution in [3.8, 4) is 0 Å². The van der Waals surface area contributed by atoms with Gasteiger partial charge in [-0.15, -0.1) is 0 Å². The lowest BCUT2D eigenvalue weighted by molar-refractivity contribution is -0.127. The summed E-state index contributed by atoms with van der Waals surface area (Å²) in [5, 5.41) is 2.93. The van der Waals surface area contributed by atoms with Gasteiger partial charge >= 0.3 is 0 Å². The first kappa shape index (κ1) is 16.5. The van der Waals surface area contributed by atoms with Gasteiger partial charge in [-0.2, -0.15) is 0 Å². The van der Waals surface area contributed by atoms with Gasteiger partial charge < -0.3 is 15.0 Å². The average molecular weight is 304 g/mol. The zero-order valence-electron chi connectivity index (χ0n) is 13.3. The van der Waals surface area contributed by atoms with Gasteiger partial charge in [0.25, 0.3) is 0 Å². The summed E-state index contributed by atoms with van der Waals surface area (Å²) in [6.45, 7) is 5.79. The monoisotopic (exact) mass is 304 g/mol. The number of anilines is 1. The van der Waals surface area contributed by atoms with Crippen LogP contribution in [0.2, 0.25) is 0 Å². The van der Waals surface area contributed by atoms with Crippen molar-refractivity contribution in [1.82, 2.24) is 5.32 Å². The minimum absolute atomic E-state index is 0.0223. The Hall–Kier alpha value is -1.88. The van der Waals surface area contributed by atoms with E-state index in [1.165, 1.54) is 0 Å². The Morgan fingerprint density at radius 1 is 1.32 bits per heavy atom. The smallest absolute Gasteiger partial charge is 0.223 e. The second-order valence-electron chi connectivity index (χ2n) is 5.69. The maximum atomic E-state index is 12.1. The van der Waals surface area contributed by atoms with E-state index in [9.17, 15) is 9.59 Å². The highest BCUT2D eigenvalue weighted by Gasteiger charge is 2.21. The number of carbonyl (C=O) groups excluding carboxylic acids is 2. The third kappa shape index (κ3) is 4.56. The fraction of sp³-hybridized carbons (Fsp3) is 0.529. The number of amides is 2. The number of nitrogens with one attached hydrogen (secondary N) is 1. The topological polar surface area (TPSA) is 58.6 Å². The summed E-state index contributed by atoms with van der Waals surface area (Å²) in [6.07, 6.45) is 1.56. The van der Waals surface area contributed by atoms with Crippen LogP contribution in [0.15, 0.2) is 24.3 Å². The van der Waals surface area contributed by atoms with Crippen molar-refractivity contribution in [2.45, 2.75) is 26.7 Å². The largest absolute Gasteiger partial charge is 0.381 e. The molecule has 0 bridgehead atoms. The highest BCUT2D eigenvalue weighted by Crippen LogP contribution is 2.16. The lowest BCUT2D eigenvalue weighted by atomic mass is 9.99. The van der Waals surface area contributed by atoms with Crippen LogP contribution in [-0.2, 0) is 14.3 Å². The third-order valence-electron chi connectivity index (χ3n) is 3.92. The second kappa shape index (κ2) is 7.94. The fourth-order valence-electron chi connectivity index (χ4n) is 2.66. The SMILES string of the molecule is CC(=O)N(CCNC(=O)C1CCOCC1)c1cccc(C)c1. The Labute approximate surface area is 131 Å². The fourth-order valence-corrected chi connectivity index (χ4v) is 2.66. The number of nitrogens with zero attached hydrogens (tertiary/aromatic N) is 1. The van der Waals surface area contributed by atoms with Crippen LogP contribution in [0.3, 0.4) is 0 Å². The summed E-state index contributed by atoms with van der Waals surface area (Å²) in [7, 11) is 0. The van der Waals surface area contributed by atoms with Crippen molar-refractivity contribution in [2.24, 2.45) is 5.92 Å². The number of hydrogen-bond donors (Lipinski definition) is 1. The van der Waals surface area contributed by atoms with E-state index in [-0.39, 0.29) is 17.7 Å². The van der Waals surface area contributed by atoms with Crippen LogP contribution in [0.4, 0.5) is 5.69 Å². The summed E-state index contributed by atoms with van der Waals surface area (Å²) in [4.78, 5) is 25.6. The molecule has 0 saturated carbocycles. The number of hydrogen-bond acceptors (Lipinski definition) is 3. The quantitative estimate of drug-likeness (QED) is 0.904. The molecule has 0 radical (unpaired) electrons. The predicted octanol–water partition coefficient (Wildman–Crippen LogP) is 1.89. The Kier molecular flexibility index (Phi) is 5.95. The molecule has 22 heavy (non-hydrogen) atoms. The van der Waals surface area contributed by atoms with Crippen LogP contribution in [-0.4, -0.2) is 38.1 Å². The van der Waals surface area contributed by atoms with E-state index in [0.717, 1.165) is 24.1 Å². The van der Waals surface area contributed by atoms with E-state index in [2.05, 4.69) is 5.32 Å². The van der Waals surface area contributed by atoms with Crippen molar-refractivity contribution in [3.63, 3.8) is 0 Å². The molecule has 0 atom stereocenters. The Bertz CT molecular complexity index is 524. The van der Waals surface area contributed by atoms with Gasteiger partial charge in [0.05, 0.1) is 0 Å². The molecule has 120 valence electrons. The normalized spacial score (nSPS) is 15.4. The number of ether oxygens (including phenoxy) is 1. The van der Waals surface area contributed by atoms with E-state index in [1.807, 2.05) is 31.2 Å². The molecular weight excluding hydrogens is 280 g/mol. The highest BCUT2D eigenvalue weighted by atomic mass is 16.5. The van der Waals surface area contributed by atoms with Crippen LogP contribution in [0.25, 0.3) is 0 Å². The lowest BCUT2D eigenvalue weighted by Crippen LogP contribution is -2.40. The first-order valence-corrected chi connectivity index (χ1v) is 7.78. The van der Waals surface area contributed by atoms with E-state index in [0.29, 0.717) is 26.3 Å². The van der Waals surface area contributed by atoms with Gasteiger partial charge in [-0.05, 0) is 37.5 Å². The van der Waals surface area contributed by atoms with Gasteiger partial charge in [0.1, 0.15) is 0 Å². The first-order chi connectivity index (χ1) is 10.6. The summed E-state index contributed by atoms with van der Waals surface area (Å²) >= 11 is 0. The molecule has 1 N–H and O–H groups in total. The molecule has 1 aromatic rings. The van der Waals surface area contributed by atoms with Gasteiger partial charge in [-0.25, -0.2) is 0 Å². The first-order valence-electron chi connectivity index (χ1n) is 7.78. The molecule has 2 rings (SSSR count). The number of benzene rings is 1. The van der Waals surface area contributed by atoms with Crippen LogP contribution < -0.4 is 10.2 Å². The van der Waals surface area contributed by atoms with Crippen molar-refractivity contribution < 1.29 is 14.3 Å². The van der Waals surface area contributed by atoms with Crippen LogP contribution in [0, 0.1) is 12.8 Å². The van der Waals surface area contributed by atoms with E-state index >= 15 is 0 Å². The van der Waals surface area contributed by atoms with Crippen molar-refractivity contribution in [3.05, 3.63) is 29.8 Å². The van der Waals surface area contributed by atoms with Gasteiger partial charge in [-0.1, -0.05) is 12.1 Å². The van der Waals surface area contributed by atoms with Gasteiger partial charge in [0.2, 0.25) is 11.8 Å². The number of carbonyl (C=O) groups is 2. The third-order valence-corrected chi connectivity index (χ3v) is 3.92. The van der Waals surface area contributed by atoms with E-state index in [1.54, 1.807) is 11.8 Å². The summed E-state index contributed by atoms with van der Waals surface area (Å²) in [5.74, 6) is 0.0838. The Morgan fingerprint density at radius 3 is 2.68 bits per heavy atom. The highest BCUT2D eigenvalue weighted by molar-refractivity contribution is 5.91. The van der Waals surface area contributed by atoms with Gasteiger partial charge in [0, 0.05) is 44.8 Å². The van der Waals surface area contributed by atoms with Gasteiger partial charge in [-0.3, -0.25) is 9.59 Å². The standard InChI is InChI=1S/C17H24N2O3/c1-13-4-3-5-16(12-13)19(14(2)20)9-8-18-17(21)15-6-10-22-11-7-15/h3-5,12,15H,6-11H2,1-2H3,(H,18,21). The number of rotatable bonds is 5. The van der Waals surface area contributed by atoms with Crippen molar-refractivity contribution in [2.75, 3.05) is 31.2 Å². The molecule has 0 spiro atoms. The molecule has 1 fully saturated rings. The predicted molar refractivity (Wildman–Crippen MR) is 85.8 cm³/mol. The Balaban J connectivity index is 1.87. The maximum absolute atomic E-state index is 12.1. The van der Waals surface area contributed by atoms with Crippen molar-refractivity contribution >= 4 is 17.5 Å². The summed E-state index contributed by atoms with van der Waals surface area (Å²) in [5.41, 5.74) is 1.97. The average Bonchev–Trinajstić information content (AvgIpc) is 2.51. The molecule has 2 amide bonds. The molecule has 1 aromatic carbocycles. The summed E-state index contributed by atoms with van der Waals surface area (Å²) in [6, 6.07) is 7.81. The van der Waals surface area contributed by atoms with Crippen LogP contribution in [0.1, 0.15) is 25.3 Å². The molecule has 0 aromatic heterocycles. The molecule has 1 aliphatic heterocycles. The van der Waals surface area contributed by atoms with Crippen LogP contribution in [0.5, 0.6) is 0 Å². The molecule has 0 aliphatic carbocycles. The summed E-state index contributed by atoms with van der Waals surface area (Å²) < 4.78 is 5.26. The van der Waals surface area contributed by atoms with Crippen LogP contribution >= 0.6 is 0 Å². The second-order valence-corrected chi connectivity index (χ2v) is 5.69. The minimum Gasteiger partial charge on any atom is -0.381 e. The van der Waals surface area contributed by atoms with E-state index < -0.39 is 0 Å². The molecule has 5 nitrogen and oxygen atoms in total. The molecule has 1 heterocycles. The lowest BCUT2D eigenvalue weighted by Gasteiger charge is -2.24. The Morgan fingerprint density at radius 2 is 2.05 bits per heavy atom. The number of aryl methyl sites for hydroxylation is 1. The minimum atomic E-state index is -0.0223. The molecular formula is C17H24N2O3. The molecule has 0 unspecified atom stereocenters. The van der Waals surface area contributed by atoms with Crippen molar-refractivity contribution in [1.29, 1.82) is 0 Å². The molecule has 1 aliphatic rings. The zero-order chi connectivity index (χ0) is 15.9. The van der Waals surface area contributed by atoms with E-state index in [4.69, 9.17) is 4.74 Å². The zero-order valence-corrected chi connectivity index (χ0v) is 13.3. The molecule has 1 saturated heterocycles.